The fraction of sp³-hybridized carbons (Fsp3) is 0.381. The second kappa shape index (κ2) is 10.6. The smallest absolute Gasteiger partial charge is 0.459 e. The number of aromatic nitrogens is 2. The van der Waals surface area contributed by atoms with E-state index in [4.69, 9.17) is 20.2 Å². The van der Waals surface area contributed by atoms with Crippen LogP contribution in [0.2, 0.25) is 0 Å². The highest BCUT2D eigenvalue weighted by Gasteiger charge is 2.56. The number of benzene rings is 1. The molecule has 1 aromatic carbocycles. The number of hydrogen-bond acceptors (Lipinski definition) is 10. The highest BCUT2D eigenvalue weighted by Crippen LogP contribution is 2.46. The van der Waals surface area contributed by atoms with Crippen LogP contribution < -0.4 is 20.9 Å². The summed E-state index contributed by atoms with van der Waals surface area (Å²) < 4.78 is 35.3. The molecule has 1 aliphatic heterocycles. The molecule has 1 fully saturated rings. The normalized spacial score (nSPS) is 26.3. The monoisotopic (exact) mass is 509 g/mol. The average Bonchev–Trinajstić information content (AvgIpc) is 3.08. The number of hydrogen-bond donors (Lipinski definition) is 4. The summed E-state index contributed by atoms with van der Waals surface area (Å²) in [6.07, 6.45) is 1.63. The number of rotatable bonds is 9. The molecule has 3 rings (SSSR count). The fourth-order valence-electron chi connectivity index (χ4n) is 3.30. The minimum Gasteiger partial charge on any atom is -0.468 e. The number of aliphatic hydroxyl groups excluding tert-OH is 1. The van der Waals surface area contributed by atoms with Gasteiger partial charge in [-0.2, -0.15) is 5.09 Å². The van der Waals surface area contributed by atoms with Crippen molar-refractivity contribution >= 4 is 13.7 Å². The quantitative estimate of drug-likeness (QED) is 0.195. The minimum atomic E-state index is -4.29. The molecule has 0 saturated carbocycles. The first kappa shape index (κ1) is 26.4. The van der Waals surface area contributed by atoms with Crippen molar-refractivity contribution in [3.05, 3.63) is 63.4 Å². The SMILES string of the molecule is C#C[C@]1(O)[C@H](O)[C@@H](COP(=O)(N[C@@H](C)C(=O)OC)Oc2ccccc2)O[C@H]1n1ccc(=O)[nH]c1=O. The van der Waals surface area contributed by atoms with Crippen molar-refractivity contribution in [3.8, 4) is 18.1 Å². The van der Waals surface area contributed by atoms with Crippen molar-refractivity contribution in [2.75, 3.05) is 13.7 Å². The van der Waals surface area contributed by atoms with Crippen molar-refractivity contribution in [1.29, 1.82) is 0 Å². The number of para-hydroxylation sites is 1. The average molecular weight is 509 g/mol. The van der Waals surface area contributed by atoms with Gasteiger partial charge in [0, 0.05) is 12.3 Å². The van der Waals surface area contributed by atoms with Gasteiger partial charge in [0.25, 0.3) is 5.56 Å². The standard InChI is InChI=1S/C21H24N3O10P/c1-4-21(29)17(26)15(33-19(21)24-11-10-16(25)22-20(24)28)12-32-35(30,23-13(2)18(27)31-3)34-14-8-6-5-7-9-14/h1,5-11,13,15,17,19,26,29H,12H2,2-3H3,(H,23,30)(H,22,25,28)/t13-,15+,17+,19+,21-,35?/m0/s1. The highest BCUT2D eigenvalue weighted by atomic mass is 31.2. The molecule has 13 nitrogen and oxygen atoms in total. The highest BCUT2D eigenvalue weighted by molar-refractivity contribution is 7.52. The Morgan fingerprint density at radius 3 is 2.66 bits per heavy atom. The topological polar surface area (TPSA) is 178 Å². The van der Waals surface area contributed by atoms with Gasteiger partial charge in [0.05, 0.1) is 13.7 Å². The molecule has 1 saturated heterocycles. The van der Waals surface area contributed by atoms with Gasteiger partial charge in [-0.05, 0) is 19.1 Å². The second-order valence-corrected chi connectivity index (χ2v) is 9.22. The van der Waals surface area contributed by atoms with Gasteiger partial charge in [-0.1, -0.05) is 24.1 Å². The molecule has 4 N–H and O–H groups in total. The van der Waals surface area contributed by atoms with Crippen LogP contribution in [-0.4, -0.2) is 63.3 Å². The summed E-state index contributed by atoms with van der Waals surface area (Å²) in [6.45, 7) is 0.720. The van der Waals surface area contributed by atoms with Gasteiger partial charge in [-0.3, -0.25) is 23.7 Å². The number of ether oxygens (including phenoxy) is 2. The van der Waals surface area contributed by atoms with Crippen molar-refractivity contribution in [2.45, 2.75) is 37.0 Å². The molecule has 0 spiro atoms. The van der Waals surface area contributed by atoms with E-state index in [2.05, 4.69) is 9.82 Å². The van der Waals surface area contributed by atoms with Crippen molar-refractivity contribution in [2.24, 2.45) is 0 Å². The fourth-order valence-corrected chi connectivity index (χ4v) is 4.80. The van der Waals surface area contributed by atoms with Gasteiger partial charge < -0.3 is 24.2 Å². The maximum atomic E-state index is 13.5. The molecular formula is C21H24N3O10P. The molecule has 0 aliphatic carbocycles. The first-order valence-electron chi connectivity index (χ1n) is 10.2. The van der Waals surface area contributed by atoms with E-state index in [0.717, 1.165) is 23.9 Å². The third-order valence-corrected chi connectivity index (χ3v) is 6.75. The zero-order chi connectivity index (χ0) is 25.8. The van der Waals surface area contributed by atoms with E-state index in [9.17, 15) is 29.2 Å². The molecule has 1 aromatic heterocycles. The summed E-state index contributed by atoms with van der Waals surface area (Å²) in [5.41, 5.74) is -4.05. The number of nitrogens with one attached hydrogen (secondary N) is 2. The lowest BCUT2D eigenvalue weighted by atomic mass is 9.95. The third-order valence-electron chi connectivity index (χ3n) is 5.10. The molecule has 0 radical (unpaired) electrons. The zero-order valence-electron chi connectivity index (χ0n) is 18.7. The van der Waals surface area contributed by atoms with Gasteiger partial charge in [-0.25, -0.2) is 9.36 Å². The Balaban J connectivity index is 1.85. The van der Waals surface area contributed by atoms with E-state index in [0.29, 0.717) is 0 Å². The lowest BCUT2D eigenvalue weighted by Crippen LogP contribution is -2.48. The Kier molecular flexibility index (Phi) is 7.97. The number of aromatic amines is 1. The van der Waals surface area contributed by atoms with Crippen LogP contribution in [-0.2, 0) is 23.4 Å². The Morgan fingerprint density at radius 1 is 1.37 bits per heavy atom. The molecule has 0 bridgehead atoms. The van der Waals surface area contributed by atoms with Crippen LogP contribution in [0.15, 0.2) is 52.2 Å². The number of esters is 1. The van der Waals surface area contributed by atoms with E-state index in [1.807, 2.05) is 10.9 Å². The predicted molar refractivity (Wildman–Crippen MR) is 120 cm³/mol. The number of H-pyrrole nitrogens is 1. The number of carbonyl (C=O) groups is 1. The summed E-state index contributed by atoms with van der Waals surface area (Å²) in [7, 11) is -3.15. The van der Waals surface area contributed by atoms with Crippen LogP contribution in [0.5, 0.6) is 5.75 Å². The molecule has 2 heterocycles. The minimum absolute atomic E-state index is 0.145. The molecular weight excluding hydrogens is 485 g/mol. The van der Waals surface area contributed by atoms with E-state index >= 15 is 0 Å². The van der Waals surface area contributed by atoms with Gasteiger partial charge in [0.2, 0.25) is 0 Å². The van der Waals surface area contributed by atoms with Crippen LogP contribution in [0.25, 0.3) is 0 Å². The summed E-state index contributed by atoms with van der Waals surface area (Å²) in [5.74, 6) is 1.39. The first-order chi connectivity index (χ1) is 16.5. The lowest BCUT2D eigenvalue weighted by Gasteiger charge is -2.26. The molecule has 188 valence electrons. The number of nitrogens with zero attached hydrogens (tertiary/aromatic N) is 1. The maximum absolute atomic E-state index is 13.5. The largest absolute Gasteiger partial charge is 0.468 e. The first-order valence-corrected chi connectivity index (χ1v) is 11.8. The summed E-state index contributed by atoms with van der Waals surface area (Å²) >= 11 is 0. The Hall–Kier alpha value is -3.24. The molecule has 1 unspecified atom stereocenters. The molecule has 0 amide bonds. The number of aliphatic hydroxyl groups is 2. The van der Waals surface area contributed by atoms with Crippen molar-refractivity contribution in [1.82, 2.24) is 14.6 Å². The van der Waals surface area contributed by atoms with Gasteiger partial charge in [-0.15, -0.1) is 6.42 Å². The van der Waals surface area contributed by atoms with E-state index in [1.165, 1.54) is 19.1 Å². The Morgan fingerprint density at radius 2 is 2.06 bits per heavy atom. The van der Waals surface area contributed by atoms with Gasteiger partial charge >= 0.3 is 19.4 Å². The van der Waals surface area contributed by atoms with Crippen LogP contribution in [0.3, 0.4) is 0 Å². The maximum Gasteiger partial charge on any atom is 0.459 e. The zero-order valence-corrected chi connectivity index (χ0v) is 19.6. The summed E-state index contributed by atoms with van der Waals surface area (Å²) in [5, 5.41) is 24.0. The molecule has 1 aliphatic rings. The van der Waals surface area contributed by atoms with Crippen molar-refractivity contribution in [3.63, 3.8) is 0 Å². The molecule has 2 aromatic rings. The van der Waals surface area contributed by atoms with Crippen LogP contribution in [0, 0.1) is 12.3 Å². The second-order valence-electron chi connectivity index (χ2n) is 7.53. The Labute approximate surface area is 199 Å². The third kappa shape index (κ3) is 5.71. The number of terminal acetylenes is 1. The summed E-state index contributed by atoms with van der Waals surface area (Å²) in [4.78, 5) is 37.4. The van der Waals surface area contributed by atoms with E-state index in [-0.39, 0.29) is 5.75 Å². The van der Waals surface area contributed by atoms with E-state index in [1.54, 1.807) is 18.2 Å². The molecule has 35 heavy (non-hydrogen) atoms. The van der Waals surface area contributed by atoms with Crippen LogP contribution in [0.4, 0.5) is 0 Å². The lowest BCUT2D eigenvalue weighted by molar-refractivity contribution is -0.142. The Bertz CT molecular complexity index is 1260. The molecule has 14 heteroatoms. The van der Waals surface area contributed by atoms with Gasteiger partial charge in [0.15, 0.2) is 11.8 Å². The summed E-state index contributed by atoms with van der Waals surface area (Å²) in [6, 6.07) is 7.82. The number of methoxy groups -OCH3 is 1. The van der Waals surface area contributed by atoms with Crippen LogP contribution >= 0.6 is 7.75 Å². The number of carbonyl (C=O) groups excluding carboxylic acids is 1. The van der Waals surface area contributed by atoms with E-state index < -0.39 is 61.7 Å². The molecule has 6 atom stereocenters. The van der Waals surface area contributed by atoms with Crippen molar-refractivity contribution < 1.29 is 38.1 Å². The predicted octanol–water partition coefficient (Wildman–Crippen LogP) is -0.486. The van der Waals surface area contributed by atoms with Crippen LogP contribution in [0.1, 0.15) is 13.2 Å². The van der Waals surface area contributed by atoms with Gasteiger partial charge in [0.1, 0.15) is 24.0 Å².